The third kappa shape index (κ3) is 7.75. The largest absolute Gasteiger partial charge is 0.468 e. The van der Waals surface area contributed by atoms with Crippen molar-refractivity contribution in [2.75, 3.05) is 20.7 Å². The normalized spacial score (nSPS) is 11.1. The number of methoxy groups -OCH3 is 1. The molecule has 0 aliphatic heterocycles. The van der Waals surface area contributed by atoms with E-state index in [0.717, 1.165) is 0 Å². The molecule has 88 valence electrons. The summed E-state index contributed by atoms with van der Waals surface area (Å²) in [7, 11) is 2.82. The third-order valence-corrected chi connectivity index (χ3v) is 1.27. The molecule has 1 amide bonds. The molecule has 0 fully saturated rings. The Kier molecular flexibility index (Phi) is 5.07. The molecule has 0 aliphatic carbocycles. The molecule has 0 saturated heterocycles. The zero-order valence-electron chi connectivity index (χ0n) is 9.79. The first kappa shape index (κ1) is 13.7. The summed E-state index contributed by atoms with van der Waals surface area (Å²) >= 11 is 0. The van der Waals surface area contributed by atoms with E-state index in [1.165, 1.54) is 12.1 Å². The lowest BCUT2D eigenvalue weighted by Gasteiger charge is -2.22. The molecular formula is C9H18N2O4. The highest BCUT2D eigenvalue weighted by Gasteiger charge is 2.17. The summed E-state index contributed by atoms with van der Waals surface area (Å²) in [5, 5.41) is 1.29. The van der Waals surface area contributed by atoms with Crippen molar-refractivity contribution < 1.29 is 19.1 Å². The number of esters is 1. The van der Waals surface area contributed by atoms with Gasteiger partial charge in [0.1, 0.15) is 12.1 Å². The lowest BCUT2D eigenvalue weighted by Crippen LogP contribution is -2.44. The molecule has 0 aliphatic rings. The van der Waals surface area contributed by atoms with Crippen molar-refractivity contribution in [3.63, 3.8) is 0 Å². The van der Waals surface area contributed by atoms with Crippen molar-refractivity contribution in [3.05, 3.63) is 0 Å². The summed E-state index contributed by atoms with van der Waals surface area (Å²) < 4.78 is 9.41. The molecule has 0 heterocycles. The fraction of sp³-hybridized carbons (Fsp3) is 0.778. The molecule has 0 atom stereocenters. The van der Waals surface area contributed by atoms with E-state index in [4.69, 9.17) is 4.74 Å². The number of nitrogens with zero attached hydrogens (tertiary/aromatic N) is 1. The van der Waals surface area contributed by atoms with E-state index >= 15 is 0 Å². The van der Waals surface area contributed by atoms with Crippen LogP contribution in [-0.2, 0) is 14.3 Å². The standard InChI is InChI=1S/C9H18N2O4/c1-9(2,3)15-8(13)10-11(4)6-7(12)14-5/h6H2,1-5H3,(H,10,13). The van der Waals surface area contributed by atoms with Crippen molar-refractivity contribution in [2.45, 2.75) is 26.4 Å². The van der Waals surface area contributed by atoms with Crippen LogP contribution < -0.4 is 5.43 Å². The molecule has 0 aromatic carbocycles. The van der Waals surface area contributed by atoms with Crippen LogP contribution >= 0.6 is 0 Å². The van der Waals surface area contributed by atoms with Crippen LogP contribution in [0.4, 0.5) is 4.79 Å². The highest BCUT2D eigenvalue weighted by atomic mass is 16.6. The first-order valence-electron chi connectivity index (χ1n) is 4.52. The topological polar surface area (TPSA) is 67.9 Å². The van der Waals surface area contributed by atoms with Crippen molar-refractivity contribution >= 4 is 12.1 Å². The first-order chi connectivity index (χ1) is 6.74. The lowest BCUT2D eigenvalue weighted by molar-refractivity contribution is -0.142. The Labute approximate surface area is 89.5 Å². The first-order valence-corrected chi connectivity index (χ1v) is 4.52. The Balaban J connectivity index is 3.92. The summed E-state index contributed by atoms with van der Waals surface area (Å²) in [6.07, 6.45) is -0.603. The molecule has 0 saturated carbocycles. The molecule has 0 aromatic heterocycles. The highest BCUT2D eigenvalue weighted by Crippen LogP contribution is 2.06. The van der Waals surface area contributed by atoms with E-state index in [2.05, 4.69) is 10.2 Å². The Morgan fingerprint density at radius 2 is 1.87 bits per heavy atom. The molecule has 6 heteroatoms. The number of hydrazine groups is 1. The summed E-state index contributed by atoms with van der Waals surface area (Å²) in [6, 6.07) is 0. The zero-order chi connectivity index (χ0) is 12.1. The van der Waals surface area contributed by atoms with Gasteiger partial charge in [-0.05, 0) is 20.8 Å². The lowest BCUT2D eigenvalue weighted by atomic mass is 10.2. The maximum Gasteiger partial charge on any atom is 0.422 e. The molecule has 0 rings (SSSR count). The van der Waals surface area contributed by atoms with Gasteiger partial charge in [-0.15, -0.1) is 0 Å². The fourth-order valence-corrected chi connectivity index (χ4v) is 0.754. The molecule has 0 bridgehead atoms. The molecule has 0 aromatic rings. The molecule has 0 radical (unpaired) electrons. The van der Waals surface area contributed by atoms with Gasteiger partial charge in [-0.2, -0.15) is 0 Å². The van der Waals surface area contributed by atoms with Crippen LogP contribution in [-0.4, -0.2) is 43.4 Å². The van der Waals surface area contributed by atoms with Crippen LogP contribution in [0.5, 0.6) is 0 Å². The zero-order valence-corrected chi connectivity index (χ0v) is 9.79. The third-order valence-electron chi connectivity index (χ3n) is 1.27. The number of nitrogens with one attached hydrogen (secondary N) is 1. The smallest absolute Gasteiger partial charge is 0.422 e. The van der Waals surface area contributed by atoms with Gasteiger partial charge in [0.05, 0.1) is 7.11 Å². The van der Waals surface area contributed by atoms with E-state index in [1.54, 1.807) is 27.8 Å². The average molecular weight is 218 g/mol. The van der Waals surface area contributed by atoms with Gasteiger partial charge < -0.3 is 9.47 Å². The number of hydrogen-bond donors (Lipinski definition) is 1. The number of carbonyl (C=O) groups is 2. The van der Waals surface area contributed by atoms with E-state index in [0.29, 0.717) is 0 Å². The maximum atomic E-state index is 11.2. The number of amides is 1. The van der Waals surface area contributed by atoms with Crippen molar-refractivity contribution in [1.82, 2.24) is 10.4 Å². The minimum Gasteiger partial charge on any atom is -0.468 e. The monoisotopic (exact) mass is 218 g/mol. The van der Waals surface area contributed by atoms with Crippen LogP contribution in [0.25, 0.3) is 0 Å². The van der Waals surface area contributed by atoms with Crippen molar-refractivity contribution in [1.29, 1.82) is 0 Å². The van der Waals surface area contributed by atoms with Crippen molar-refractivity contribution in [2.24, 2.45) is 0 Å². The molecule has 0 unspecified atom stereocenters. The SMILES string of the molecule is COC(=O)CN(C)NC(=O)OC(C)(C)C. The van der Waals surface area contributed by atoms with E-state index in [-0.39, 0.29) is 6.54 Å². The number of ether oxygens (including phenoxy) is 2. The van der Waals surface area contributed by atoms with Gasteiger partial charge in [-0.25, -0.2) is 9.80 Å². The van der Waals surface area contributed by atoms with Crippen LogP contribution in [0.15, 0.2) is 0 Å². The van der Waals surface area contributed by atoms with Gasteiger partial charge in [0.2, 0.25) is 0 Å². The molecule has 0 spiro atoms. The second-order valence-corrected chi connectivity index (χ2v) is 4.05. The summed E-state index contributed by atoms with van der Waals surface area (Å²) in [4.78, 5) is 22.0. The second-order valence-electron chi connectivity index (χ2n) is 4.05. The Morgan fingerprint density at radius 1 is 1.33 bits per heavy atom. The van der Waals surface area contributed by atoms with Gasteiger partial charge in [-0.3, -0.25) is 10.2 Å². The summed E-state index contributed by atoms with van der Waals surface area (Å²) in [5.41, 5.74) is 1.81. The van der Waals surface area contributed by atoms with Gasteiger partial charge >= 0.3 is 12.1 Å². The van der Waals surface area contributed by atoms with Gasteiger partial charge in [0, 0.05) is 7.05 Å². The molecule has 1 N–H and O–H groups in total. The predicted molar refractivity (Wildman–Crippen MR) is 54.0 cm³/mol. The Bertz CT molecular complexity index is 235. The number of likely N-dealkylation sites (N-methyl/N-ethyl adjacent to an activating group) is 1. The van der Waals surface area contributed by atoms with Gasteiger partial charge in [0.15, 0.2) is 0 Å². The van der Waals surface area contributed by atoms with Crippen LogP contribution in [0, 0.1) is 0 Å². The van der Waals surface area contributed by atoms with Crippen molar-refractivity contribution in [3.8, 4) is 0 Å². The number of carbonyl (C=O) groups excluding carboxylic acids is 2. The Hall–Kier alpha value is -1.30. The highest BCUT2D eigenvalue weighted by molar-refractivity contribution is 5.72. The van der Waals surface area contributed by atoms with E-state index < -0.39 is 17.7 Å². The van der Waals surface area contributed by atoms with Gasteiger partial charge in [-0.1, -0.05) is 0 Å². The van der Waals surface area contributed by atoms with E-state index in [9.17, 15) is 9.59 Å². The fourth-order valence-electron chi connectivity index (χ4n) is 0.754. The minimum absolute atomic E-state index is 0.0320. The van der Waals surface area contributed by atoms with E-state index in [1.807, 2.05) is 0 Å². The minimum atomic E-state index is -0.603. The van der Waals surface area contributed by atoms with Gasteiger partial charge in [0.25, 0.3) is 0 Å². The molecular weight excluding hydrogens is 200 g/mol. The van der Waals surface area contributed by atoms with Crippen LogP contribution in [0.3, 0.4) is 0 Å². The Morgan fingerprint density at radius 3 is 2.27 bits per heavy atom. The summed E-state index contributed by atoms with van der Waals surface area (Å²) in [5.74, 6) is -0.437. The quantitative estimate of drug-likeness (QED) is 0.553. The van der Waals surface area contributed by atoms with Crippen LogP contribution in [0.1, 0.15) is 20.8 Å². The average Bonchev–Trinajstić information content (AvgIpc) is 1.99. The number of rotatable bonds is 3. The van der Waals surface area contributed by atoms with Crippen LogP contribution in [0.2, 0.25) is 0 Å². The molecule has 15 heavy (non-hydrogen) atoms. The molecule has 6 nitrogen and oxygen atoms in total. The second kappa shape index (κ2) is 5.55. The maximum absolute atomic E-state index is 11.2. The number of hydrogen-bond acceptors (Lipinski definition) is 5. The predicted octanol–water partition coefficient (Wildman–Crippen LogP) is 0.531. The summed E-state index contributed by atoms with van der Waals surface area (Å²) in [6.45, 7) is 5.24.